The second kappa shape index (κ2) is 9.36. The Labute approximate surface area is 187 Å². The van der Waals surface area contributed by atoms with Gasteiger partial charge in [-0.25, -0.2) is 0 Å². The summed E-state index contributed by atoms with van der Waals surface area (Å²) < 4.78 is 5.20. The molecular weight excluding hydrogens is 408 g/mol. The first kappa shape index (κ1) is 23.2. The Kier molecular flexibility index (Phi) is 6.79. The van der Waals surface area contributed by atoms with Gasteiger partial charge in [0.15, 0.2) is 0 Å². The van der Waals surface area contributed by atoms with E-state index in [4.69, 9.17) is 4.74 Å². The number of rotatable bonds is 6. The molecule has 7 heteroatoms. The fourth-order valence-electron chi connectivity index (χ4n) is 3.72. The van der Waals surface area contributed by atoms with Crippen LogP contribution in [-0.4, -0.2) is 59.8 Å². The Morgan fingerprint density at radius 1 is 1.09 bits per heavy atom. The van der Waals surface area contributed by atoms with E-state index in [-0.39, 0.29) is 11.3 Å². The minimum absolute atomic E-state index is 0.0250. The van der Waals surface area contributed by atoms with Crippen LogP contribution in [0, 0.1) is 13.8 Å². The molecule has 1 heterocycles. The molecule has 0 saturated carbocycles. The van der Waals surface area contributed by atoms with Crippen LogP contribution in [0.15, 0.2) is 48.0 Å². The second-order valence-corrected chi connectivity index (χ2v) is 8.26. The number of aliphatic hydroxyl groups excluding tert-OH is 1. The molecule has 1 aliphatic rings. The van der Waals surface area contributed by atoms with Gasteiger partial charge in [0.2, 0.25) is 0 Å². The van der Waals surface area contributed by atoms with Crippen molar-refractivity contribution in [2.24, 2.45) is 0 Å². The van der Waals surface area contributed by atoms with Gasteiger partial charge in [0.05, 0.1) is 11.6 Å². The maximum absolute atomic E-state index is 13.1. The number of aryl methyl sites for hydroxylation is 2. The van der Waals surface area contributed by atoms with Crippen LogP contribution < -0.4 is 4.74 Å². The Morgan fingerprint density at radius 3 is 2.44 bits per heavy atom. The fourth-order valence-corrected chi connectivity index (χ4v) is 3.72. The zero-order chi connectivity index (χ0) is 23.6. The van der Waals surface area contributed by atoms with Crippen molar-refractivity contribution in [3.05, 3.63) is 70.3 Å². The molecule has 1 unspecified atom stereocenters. The van der Waals surface area contributed by atoms with Crippen molar-refractivity contribution in [3.63, 3.8) is 0 Å². The van der Waals surface area contributed by atoms with Gasteiger partial charge in [-0.2, -0.15) is 0 Å². The van der Waals surface area contributed by atoms with E-state index in [0.29, 0.717) is 30.0 Å². The quantitative estimate of drug-likeness (QED) is 0.246. The van der Waals surface area contributed by atoms with Crippen LogP contribution >= 0.6 is 0 Å². The molecular formula is C25H28N2O5. The highest BCUT2D eigenvalue weighted by atomic mass is 16.5. The molecule has 0 aliphatic carbocycles. The van der Waals surface area contributed by atoms with Crippen molar-refractivity contribution < 1.29 is 24.2 Å². The van der Waals surface area contributed by atoms with Crippen molar-refractivity contribution in [1.29, 1.82) is 0 Å². The number of nitrogens with zero attached hydrogens (tertiary/aromatic N) is 2. The van der Waals surface area contributed by atoms with Crippen molar-refractivity contribution in [3.8, 4) is 5.75 Å². The van der Waals surface area contributed by atoms with Crippen molar-refractivity contribution in [2.45, 2.75) is 26.8 Å². The smallest absolute Gasteiger partial charge is 0.308 e. The van der Waals surface area contributed by atoms with E-state index < -0.39 is 23.7 Å². The number of amides is 1. The molecule has 2 aromatic carbocycles. The second-order valence-electron chi connectivity index (χ2n) is 8.26. The lowest BCUT2D eigenvalue weighted by atomic mass is 9.94. The van der Waals surface area contributed by atoms with E-state index in [2.05, 4.69) is 0 Å². The zero-order valence-corrected chi connectivity index (χ0v) is 19.0. The summed E-state index contributed by atoms with van der Waals surface area (Å²) in [7, 11) is 3.75. The minimum atomic E-state index is -0.799. The largest absolute Gasteiger partial charge is 0.507 e. The third-order valence-corrected chi connectivity index (χ3v) is 5.54. The van der Waals surface area contributed by atoms with Crippen LogP contribution in [0.5, 0.6) is 5.75 Å². The van der Waals surface area contributed by atoms with Gasteiger partial charge in [0, 0.05) is 25.6 Å². The normalized spacial score (nSPS) is 17.8. The summed E-state index contributed by atoms with van der Waals surface area (Å²) in [4.78, 5) is 40.8. The van der Waals surface area contributed by atoms with Crippen LogP contribution in [0.4, 0.5) is 0 Å². The highest BCUT2D eigenvalue weighted by molar-refractivity contribution is 6.46. The van der Waals surface area contributed by atoms with Gasteiger partial charge in [0.1, 0.15) is 11.5 Å². The van der Waals surface area contributed by atoms with Crippen molar-refractivity contribution >= 4 is 23.4 Å². The first-order valence-electron chi connectivity index (χ1n) is 10.4. The molecule has 0 aromatic heterocycles. The zero-order valence-electron chi connectivity index (χ0n) is 19.0. The molecule has 0 radical (unpaired) electrons. The van der Waals surface area contributed by atoms with Gasteiger partial charge in [-0.1, -0.05) is 24.3 Å². The van der Waals surface area contributed by atoms with Crippen LogP contribution in [-0.2, 0) is 14.4 Å². The Balaban J connectivity index is 2.17. The van der Waals surface area contributed by atoms with Crippen LogP contribution in [0.3, 0.4) is 0 Å². The number of esters is 1. The van der Waals surface area contributed by atoms with E-state index >= 15 is 0 Å². The van der Waals surface area contributed by atoms with E-state index in [1.54, 1.807) is 36.4 Å². The molecule has 1 saturated heterocycles. The highest BCUT2D eigenvalue weighted by Crippen LogP contribution is 2.40. The standard InChI is InChI=1S/C25H28N2O5/c1-15-9-10-19(13-16(15)2)23(29)21-22(18-7-6-8-20(14-18)32-17(3)28)27(12-11-26(4)5)25(31)24(21)30/h6-10,13-14,22,29H,11-12H2,1-5H3/b23-21-. The molecule has 1 N–H and O–H groups in total. The minimum Gasteiger partial charge on any atom is -0.507 e. The molecule has 2 aromatic rings. The predicted molar refractivity (Wildman–Crippen MR) is 121 cm³/mol. The number of benzene rings is 2. The van der Waals surface area contributed by atoms with Gasteiger partial charge < -0.3 is 19.6 Å². The van der Waals surface area contributed by atoms with Gasteiger partial charge in [-0.3, -0.25) is 14.4 Å². The SMILES string of the molecule is CC(=O)Oc1cccc(C2/C(=C(/O)c3ccc(C)c(C)c3)C(=O)C(=O)N2CCN(C)C)c1. The van der Waals surface area contributed by atoms with Gasteiger partial charge in [-0.05, 0) is 62.8 Å². The number of likely N-dealkylation sites (tertiary alicyclic amines) is 1. The summed E-state index contributed by atoms with van der Waals surface area (Å²) >= 11 is 0. The average molecular weight is 437 g/mol. The molecule has 1 amide bonds. The number of carbonyl (C=O) groups is 3. The summed E-state index contributed by atoms with van der Waals surface area (Å²) in [6.07, 6.45) is 0. The number of likely N-dealkylation sites (N-methyl/N-ethyl adjacent to an activating group) is 1. The average Bonchev–Trinajstić information content (AvgIpc) is 2.98. The number of hydrogen-bond acceptors (Lipinski definition) is 6. The number of hydrogen-bond donors (Lipinski definition) is 1. The lowest BCUT2D eigenvalue weighted by Gasteiger charge is -2.26. The fraction of sp³-hybridized carbons (Fsp3) is 0.320. The van der Waals surface area contributed by atoms with E-state index in [1.807, 2.05) is 38.9 Å². The maximum Gasteiger partial charge on any atom is 0.308 e. The van der Waals surface area contributed by atoms with Crippen molar-refractivity contribution in [1.82, 2.24) is 9.80 Å². The van der Waals surface area contributed by atoms with Crippen LogP contribution in [0.1, 0.15) is 35.2 Å². The Bertz CT molecular complexity index is 1100. The molecule has 3 rings (SSSR count). The Morgan fingerprint density at radius 2 is 1.81 bits per heavy atom. The van der Waals surface area contributed by atoms with Crippen LogP contribution in [0.2, 0.25) is 0 Å². The number of ether oxygens (including phenoxy) is 1. The third kappa shape index (κ3) is 4.73. The molecule has 7 nitrogen and oxygen atoms in total. The summed E-state index contributed by atoms with van der Waals surface area (Å²) in [6.45, 7) is 6.01. The van der Waals surface area contributed by atoms with Crippen molar-refractivity contribution in [2.75, 3.05) is 27.2 Å². The molecule has 1 aliphatic heterocycles. The number of ketones is 1. The molecule has 168 valence electrons. The molecule has 0 bridgehead atoms. The number of aliphatic hydroxyl groups is 1. The first-order valence-corrected chi connectivity index (χ1v) is 10.4. The van der Waals surface area contributed by atoms with Gasteiger partial charge in [0.25, 0.3) is 11.7 Å². The first-order chi connectivity index (χ1) is 15.1. The summed E-state index contributed by atoms with van der Waals surface area (Å²) in [5, 5.41) is 11.1. The topological polar surface area (TPSA) is 87.1 Å². The van der Waals surface area contributed by atoms with Gasteiger partial charge >= 0.3 is 5.97 Å². The monoisotopic (exact) mass is 436 g/mol. The number of carbonyl (C=O) groups excluding carboxylic acids is 3. The summed E-state index contributed by atoms with van der Waals surface area (Å²) in [5.41, 5.74) is 3.09. The predicted octanol–water partition coefficient (Wildman–Crippen LogP) is 3.21. The van der Waals surface area contributed by atoms with Crippen LogP contribution in [0.25, 0.3) is 5.76 Å². The summed E-state index contributed by atoms with van der Waals surface area (Å²) in [6, 6.07) is 11.3. The van der Waals surface area contributed by atoms with E-state index in [1.165, 1.54) is 11.8 Å². The van der Waals surface area contributed by atoms with E-state index in [9.17, 15) is 19.5 Å². The Hall–Kier alpha value is -3.45. The highest BCUT2D eigenvalue weighted by Gasteiger charge is 2.46. The maximum atomic E-state index is 13.1. The number of Topliss-reactive ketones (excluding diaryl/α,β-unsaturated/α-hetero) is 1. The lowest BCUT2D eigenvalue weighted by molar-refractivity contribution is -0.140. The molecule has 0 spiro atoms. The molecule has 1 atom stereocenters. The summed E-state index contributed by atoms with van der Waals surface area (Å²) in [5.74, 6) is -1.79. The van der Waals surface area contributed by atoms with Gasteiger partial charge in [-0.15, -0.1) is 0 Å². The molecule has 1 fully saturated rings. The lowest BCUT2D eigenvalue weighted by Crippen LogP contribution is -2.35. The molecule has 32 heavy (non-hydrogen) atoms. The van der Waals surface area contributed by atoms with E-state index in [0.717, 1.165) is 11.1 Å². The third-order valence-electron chi connectivity index (χ3n) is 5.54.